The van der Waals surface area contributed by atoms with Crippen molar-refractivity contribution in [2.75, 3.05) is 18.9 Å². The smallest absolute Gasteiger partial charge is 0.338 e. The Morgan fingerprint density at radius 2 is 2.21 bits per heavy atom. The van der Waals surface area contributed by atoms with Crippen LogP contribution in [0.2, 0.25) is 10.0 Å². The zero-order valence-electron chi connectivity index (χ0n) is 13.5. The highest BCUT2D eigenvalue weighted by Crippen LogP contribution is 2.41. The molecule has 4 nitrogen and oxygen atoms in total. The molecule has 1 aromatic rings. The molecule has 0 N–H and O–H groups in total. The average molecular weight is 385 g/mol. The standard InChI is InChI=1S/C17H18Cl2N2O2S/c1-3-23-16(22)14-10(2)20-17-21(7-4-8-24-17)15(14)11-5-6-12(18)13(19)9-11/h5-6,9,15H,3-4,7-8H2,1-2H3/t15-/m0/s1. The van der Waals surface area contributed by atoms with E-state index in [4.69, 9.17) is 27.9 Å². The topological polar surface area (TPSA) is 41.9 Å². The van der Waals surface area contributed by atoms with Gasteiger partial charge >= 0.3 is 5.97 Å². The minimum absolute atomic E-state index is 0.251. The van der Waals surface area contributed by atoms with E-state index in [0.717, 1.165) is 29.4 Å². The summed E-state index contributed by atoms with van der Waals surface area (Å²) < 4.78 is 5.28. The largest absolute Gasteiger partial charge is 0.463 e. The van der Waals surface area contributed by atoms with Crippen LogP contribution in [-0.4, -0.2) is 34.9 Å². The van der Waals surface area contributed by atoms with E-state index in [-0.39, 0.29) is 12.0 Å². The Balaban J connectivity index is 2.11. The SMILES string of the molecule is CCOC(=O)C1=C(C)N=C2SCCCN2[C@H]1c1ccc(Cl)c(Cl)c1. The van der Waals surface area contributed by atoms with Crippen LogP contribution in [0.4, 0.5) is 0 Å². The minimum atomic E-state index is -0.329. The first-order valence-corrected chi connectivity index (χ1v) is 9.58. The summed E-state index contributed by atoms with van der Waals surface area (Å²) in [5, 5.41) is 1.92. The molecule has 2 heterocycles. The monoisotopic (exact) mass is 384 g/mol. The Bertz CT molecular complexity index is 733. The molecule has 0 aliphatic carbocycles. The van der Waals surface area contributed by atoms with Gasteiger partial charge in [-0.15, -0.1) is 0 Å². The summed E-state index contributed by atoms with van der Waals surface area (Å²) in [6, 6.07) is 5.25. The van der Waals surface area contributed by atoms with Gasteiger partial charge in [0, 0.05) is 12.3 Å². The van der Waals surface area contributed by atoms with Crippen LogP contribution in [-0.2, 0) is 9.53 Å². The van der Waals surface area contributed by atoms with Crippen LogP contribution in [0.1, 0.15) is 31.9 Å². The van der Waals surface area contributed by atoms with E-state index >= 15 is 0 Å². The number of carbonyl (C=O) groups is 1. The fraction of sp³-hybridized carbons (Fsp3) is 0.412. The molecule has 0 spiro atoms. The predicted molar refractivity (Wildman–Crippen MR) is 99.8 cm³/mol. The number of ether oxygens (including phenoxy) is 1. The van der Waals surface area contributed by atoms with Crippen LogP contribution >= 0.6 is 35.0 Å². The molecule has 2 aliphatic heterocycles. The van der Waals surface area contributed by atoms with Crippen molar-refractivity contribution in [3.8, 4) is 0 Å². The van der Waals surface area contributed by atoms with Gasteiger partial charge in [0.2, 0.25) is 0 Å². The van der Waals surface area contributed by atoms with Gasteiger partial charge < -0.3 is 9.64 Å². The number of benzene rings is 1. The molecular weight excluding hydrogens is 367 g/mol. The number of allylic oxidation sites excluding steroid dienone is 1. The number of hydrogen-bond acceptors (Lipinski definition) is 5. The lowest BCUT2D eigenvalue weighted by atomic mass is 9.94. The minimum Gasteiger partial charge on any atom is -0.463 e. The average Bonchev–Trinajstić information content (AvgIpc) is 2.56. The fourth-order valence-corrected chi connectivity index (χ4v) is 4.29. The van der Waals surface area contributed by atoms with Gasteiger partial charge in [0.05, 0.1) is 34.0 Å². The van der Waals surface area contributed by atoms with Crippen molar-refractivity contribution < 1.29 is 9.53 Å². The second-order valence-electron chi connectivity index (χ2n) is 5.59. The van der Waals surface area contributed by atoms with E-state index < -0.39 is 0 Å². The van der Waals surface area contributed by atoms with Gasteiger partial charge in [0.15, 0.2) is 5.17 Å². The van der Waals surface area contributed by atoms with E-state index in [9.17, 15) is 4.79 Å². The number of hydrogen-bond donors (Lipinski definition) is 0. The predicted octanol–water partition coefficient (Wildman–Crippen LogP) is 4.68. The Labute approximate surface area is 155 Å². The summed E-state index contributed by atoms with van der Waals surface area (Å²) in [6.07, 6.45) is 1.04. The number of fused-ring (bicyclic) bond motifs is 1. The maximum absolute atomic E-state index is 12.6. The first kappa shape index (κ1) is 17.6. The van der Waals surface area contributed by atoms with Gasteiger partial charge in [-0.05, 0) is 38.0 Å². The van der Waals surface area contributed by atoms with E-state index in [1.807, 2.05) is 19.1 Å². The molecule has 1 saturated heterocycles. The third-order valence-corrected chi connectivity index (χ3v) is 5.83. The lowest BCUT2D eigenvalue weighted by Crippen LogP contribution is -2.42. The molecule has 0 unspecified atom stereocenters. The highest BCUT2D eigenvalue weighted by Gasteiger charge is 2.37. The molecular formula is C17H18Cl2N2O2S. The summed E-state index contributed by atoms with van der Waals surface area (Å²) in [6.45, 7) is 4.83. The molecule has 24 heavy (non-hydrogen) atoms. The number of nitrogens with zero attached hydrogens (tertiary/aromatic N) is 2. The molecule has 2 aliphatic rings. The molecule has 128 valence electrons. The van der Waals surface area contributed by atoms with Crippen LogP contribution in [0.25, 0.3) is 0 Å². The first-order valence-electron chi connectivity index (χ1n) is 7.84. The van der Waals surface area contributed by atoms with Gasteiger partial charge in [-0.3, -0.25) is 0 Å². The Morgan fingerprint density at radius 1 is 1.42 bits per heavy atom. The molecule has 3 rings (SSSR count). The van der Waals surface area contributed by atoms with Crippen LogP contribution in [0.15, 0.2) is 34.5 Å². The molecule has 0 bridgehead atoms. The number of amidine groups is 1. The first-order chi connectivity index (χ1) is 11.5. The van der Waals surface area contributed by atoms with Crippen LogP contribution in [0, 0.1) is 0 Å². The van der Waals surface area contributed by atoms with Crippen molar-refractivity contribution in [2.24, 2.45) is 4.99 Å². The van der Waals surface area contributed by atoms with Gasteiger partial charge in [-0.1, -0.05) is 41.0 Å². The summed E-state index contributed by atoms with van der Waals surface area (Å²) in [4.78, 5) is 19.4. The summed E-state index contributed by atoms with van der Waals surface area (Å²) in [5.41, 5.74) is 2.19. The van der Waals surface area contributed by atoms with E-state index in [0.29, 0.717) is 27.9 Å². The summed E-state index contributed by atoms with van der Waals surface area (Å²) in [5.74, 6) is 0.704. The van der Waals surface area contributed by atoms with Crippen molar-refractivity contribution in [3.05, 3.63) is 45.1 Å². The number of esters is 1. The molecule has 0 aromatic heterocycles. The number of aliphatic imine (C=N–C) groups is 1. The third-order valence-electron chi connectivity index (χ3n) is 4.01. The molecule has 0 amide bonds. The van der Waals surface area contributed by atoms with Crippen LogP contribution in [0.5, 0.6) is 0 Å². The van der Waals surface area contributed by atoms with Gasteiger partial charge in [-0.25, -0.2) is 9.79 Å². The van der Waals surface area contributed by atoms with E-state index in [2.05, 4.69) is 9.89 Å². The van der Waals surface area contributed by atoms with Gasteiger partial charge in [0.25, 0.3) is 0 Å². The zero-order valence-corrected chi connectivity index (χ0v) is 15.8. The Kier molecular flexibility index (Phi) is 5.42. The maximum atomic E-state index is 12.6. The van der Waals surface area contributed by atoms with Crippen LogP contribution < -0.4 is 0 Å². The number of thioether (sulfide) groups is 1. The third kappa shape index (κ3) is 3.30. The molecule has 1 atom stereocenters. The van der Waals surface area contributed by atoms with Gasteiger partial charge in [0.1, 0.15) is 0 Å². The van der Waals surface area contributed by atoms with Crippen molar-refractivity contribution in [1.29, 1.82) is 0 Å². The number of carbonyl (C=O) groups excluding carboxylic acids is 1. The van der Waals surface area contributed by atoms with Crippen molar-refractivity contribution in [3.63, 3.8) is 0 Å². The summed E-state index contributed by atoms with van der Waals surface area (Å²) in [7, 11) is 0. The quantitative estimate of drug-likeness (QED) is 0.709. The van der Waals surface area contributed by atoms with E-state index in [1.165, 1.54) is 0 Å². The zero-order chi connectivity index (χ0) is 17.3. The van der Waals surface area contributed by atoms with Crippen molar-refractivity contribution >= 4 is 46.1 Å². The maximum Gasteiger partial charge on any atom is 0.338 e. The molecule has 0 radical (unpaired) electrons. The van der Waals surface area contributed by atoms with E-state index in [1.54, 1.807) is 24.8 Å². The van der Waals surface area contributed by atoms with Crippen molar-refractivity contribution in [1.82, 2.24) is 4.90 Å². The highest BCUT2D eigenvalue weighted by atomic mass is 35.5. The number of rotatable bonds is 3. The number of halogens is 2. The molecule has 7 heteroatoms. The molecule has 1 fully saturated rings. The van der Waals surface area contributed by atoms with Gasteiger partial charge in [-0.2, -0.15) is 0 Å². The Morgan fingerprint density at radius 3 is 2.92 bits per heavy atom. The lowest BCUT2D eigenvalue weighted by Gasteiger charge is -2.40. The molecule has 0 saturated carbocycles. The van der Waals surface area contributed by atoms with Crippen LogP contribution in [0.3, 0.4) is 0 Å². The van der Waals surface area contributed by atoms with Crippen molar-refractivity contribution in [2.45, 2.75) is 26.3 Å². The second-order valence-corrected chi connectivity index (χ2v) is 7.46. The summed E-state index contributed by atoms with van der Waals surface area (Å²) >= 11 is 14.0. The fourth-order valence-electron chi connectivity index (χ4n) is 2.97. The lowest BCUT2D eigenvalue weighted by molar-refractivity contribution is -0.139. The Hall–Kier alpha value is -1.17. The highest BCUT2D eigenvalue weighted by molar-refractivity contribution is 8.13. The second kappa shape index (κ2) is 7.38. The normalized spacial score (nSPS) is 20.6. The molecule has 1 aromatic carbocycles.